The minimum atomic E-state index is -0.864. The molecule has 0 fully saturated rings. The number of aliphatic carboxylic acids is 1. The van der Waals surface area contributed by atoms with Gasteiger partial charge < -0.3 is 66.7 Å². The molecule has 17 heteroatoms. The number of carboxylic acid groups (broad SMARTS) is 1. The van der Waals surface area contributed by atoms with E-state index < -0.39 is 5.97 Å². The van der Waals surface area contributed by atoms with Crippen LogP contribution in [0.15, 0.2) is 0 Å². The van der Waals surface area contributed by atoms with Gasteiger partial charge in [-0.2, -0.15) is 0 Å². The molecule has 0 aromatic heterocycles. The average Bonchev–Trinajstić information content (AvgIpc) is 3.09. The van der Waals surface area contributed by atoms with E-state index in [9.17, 15) is 9.59 Å². The van der Waals surface area contributed by atoms with Gasteiger partial charge in [-0.1, -0.05) is 15.9 Å². The SMILES string of the molecule is O=C(O)CCCCC(=O)OCCOCCOCCOCCOCCOCCOCCOCCOCCOCCOCCOCCOCCBr. The van der Waals surface area contributed by atoms with Gasteiger partial charge in [-0.3, -0.25) is 9.59 Å². The molecule has 0 saturated carbocycles. The zero-order chi connectivity index (χ0) is 35.6. The highest BCUT2D eigenvalue weighted by molar-refractivity contribution is 9.09. The second-order valence-electron chi connectivity index (χ2n) is 9.86. The topological polar surface area (TPSA) is 174 Å². The van der Waals surface area contributed by atoms with Crippen molar-refractivity contribution in [2.75, 3.05) is 171 Å². The summed E-state index contributed by atoms with van der Waals surface area (Å²) in [4.78, 5) is 21.9. The van der Waals surface area contributed by atoms with Crippen molar-refractivity contribution < 1.29 is 76.3 Å². The minimum absolute atomic E-state index is 0.0592. The third kappa shape index (κ3) is 44.9. The number of hydrogen-bond donors (Lipinski definition) is 1. The van der Waals surface area contributed by atoms with Crippen molar-refractivity contribution >= 4 is 27.9 Å². The van der Waals surface area contributed by atoms with Crippen LogP contribution in [0.2, 0.25) is 0 Å². The normalized spacial score (nSPS) is 11.4. The second-order valence-corrected chi connectivity index (χ2v) is 10.7. The van der Waals surface area contributed by atoms with E-state index in [0.717, 1.165) is 5.33 Å². The fraction of sp³-hybridized carbons (Fsp3) is 0.938. The van der Waals surface area contributed by atoms with E-state index in [4.69, 9.17) is 66.7 Å². The fourth-order valence-electron chi connectivity index (χ4n) is 3.41. The quantitative estimate of drug-likeness (QED) is 0.0538. The predicted molar refractivity (Wildman–Crippen MR) is 181 cm³/mol. The van der Waals surface area contributed by atoms with Gasteiger partial charge in [-0.25, -0.2) is 0 Å². The lowest BCUT2D eigenvalue weighted by Gasteiger charge is -2.09. The van der Waals surface area contributed by atoms with Crippen LogP contribution in [0.4, 0.5) is 0 Å². The van der Waals surface area contributed by atoms with Crippen LogP contribution in [0.25, 0.3) is 0 Å². The molecule has 1 N–H and O–H groups in total. The Bertz CT molecular complexity index is 679. The average molecular weight is 782 g/mol. The van der Waals surface area contributed by atoms with Crippen LogP contribution in [0, 0.1) is 0 Å². The molecule has 0 bridgehead atoms. The lowest BCUT2D eigenvalue weighted by molar-refractivity contribution is -0.146. The summed E-state index contributed by atoms with van der Waals surface area (Å²) in [6, 6.07) is 0. The monoisotopic (exact) mass is 780 g/mol. The van der Waals surface area contributed by atoms with E-state index in [-0.39, 0.29) is 32.0 Å². The summed E-state index contributed by atoms with van der Waals surface area (Å²) >= 11 is 3.30. The van der Waals surface area contributed by atoms with Crippen molar-refractivity contribution in [2.45, 2.75) is 25.7 Å². The summed E-state index contributed by atoms with van der Waals surface area (Å²) in [6.45, 7) is 11.9. The molecule has 0 heterocycles. The van der Waals surface area contributed by atoms with Crippen molar-refractivity contribution in [3.63, 3.8) is 0 Å². The van der Waals surface area contributed by atoms with Gasteiger partial charge in [-0.05, 0) is 12.8 Å². The largest absolute Gasteiger partial charge is 0.481 e. The Hall–Kier alpha value is -1.06. The number of esters is 1. The van der Waals surface area contributed by atoms with Crippen LogP contribution < -0.4 is 0 Å². The van der Waals surface area contributed by atoms with Crippen molar-refractivity contribution in [3.05, 3.63) is 0 Å². The lowest BCUT2D eigenvalue weighted by atomic mass is 10.2. The van der Waals surface area contributed by atoms with Crippen molar-refractivity contribution in [2.24, 2.45) is 0 Å². The highest BCUT2D eigenvalue weighted by Gasteiger charge is 2.04. The maximum atomic E-state index is 11.5. The van der Waals surface area contributed by atoms with Gasteiger partial charge >= 0.3 is 11.9 Å². The number of rotatable bonds is 43. The third-order valence-corrected chi connectivity index (χ3v) is 6.15. The molecule has 292 valence electrons. The Morgan fingerprint density at radius 3 is 0.816 bits per heavy atom. The molecule has 0 rings (SSSR count). The highest BCUT2D eigenvalue weighted by Crippen LogP contribution is 2.01. The smallest absolute Gasteiger partial charge is 0.305 e. The molecule has 0 aliphatic rings. The molecule has 49 heavy (non-hydrogen) atoms. The van der Waals surface area contributed by atoms with Gasteiger partial charge in [-0.15, -0.1) is 0 Å². The number of halogens is 1. The maximum absolute atomic E-state index is 11.5. The first kappa shape index (κ1) is 47.9. The summed E-state index contributed by atoms with van der Waals surface area (Å²) in [6.07, 6.45) is 1.23. The lowest BCUT2D eigenvalue weighted by Crippen LogP contribution is -2.15. The molecule has 0 amide bonds. The Morgan fingerprint density at radius 2 is 0.571 bits per heavy atom. The Balaban J connectivity index is 3.09. The number of carboxylic acids is 1. The van der Waals surface area contributed by atoms with E-state index in [1.807, 2.05) is 0 Å². The number of ether oxygens (including phenoxy) is 13. The van der Waals surface area contributed by atoms with Gasteiger partial charge in [0.05, 0.1) is 159 Å². The third-order valence-electron chi connectivity index (χ3n) is 5.83. The molecule has 0 unspecified atom stereocenters. The molecule has 0 aliphatic carbocycles. The molecule has 0 aromatic carbocycles. The highest BCUT2D eigenvalue weighted by atomic mass is 79.9. The summed E-state index contributed by atoms with van der Waals surface area (Å²) < 4.78 is 70.1. The fourth-order valence-corrected chi connectivity index (χ4v) is 3.64. The predicted octanol–water partition coefficient (Wildman–Crippen LogP) is 1.77. The zero-order valence-electron chi connectivity index (χ0n) is 29.2. The van der Waals surface area contributed by atoms with Gasteiger partial charge in [0.1, 0.15) is 6.61 Å². The maximum Gasteiger partial charge on any atom is 0.305 e. The van der Waals surface area contributed by atoms with E-state index in [0.29, 0.717) is 165 Å². The standard InChI is InChI=1S/C32H61BrO16/c33-5-6-37-7-8-38-9-10-39-11-12-40-13-14-41-15-16-42-17-18-43-19-20-44-21-22-45-23-24-46-25-26-47-27-28-48-29-30-49-32(36)4-2-1-3-31(34)35/h1-30H2,(H,34,35). The Morgan fingerprint density at radius 1 is 0.347 bits per heavy atom. The summed E-state index contributed by atoms with van der Waals surface area (Å²) in [5.74, 6) is -1.21. The van der Waals surface area contributed by atoms with Crippen LogP contribution in [0.3, 0.4) is 0 Å². The van der Waals surface area contributed by atoms with E-state index in [1.54, 1.807) is 0 Å². The summed E-state index contributed by atoms with van der Waals surface area (Å²) in [5.41, 5.74) is 0. The molecular weight excluding hydrogens is 720 g/mol. The van der Waals surface area contributed by atoms with Gasteiger partial charge in [0.25, 0.3) is 0 Å². The number of carbonyl (C=O) groups excluding carboxylic acids is 1. The number of carbonyl (C=O) groups is 2. The van der Waals surface area contributed by atoms with Crippen molar-refractivity contribution in [3.8, 4) is 0 Å². The first-order valence-corrected chi connectivity index (χ1v) is 18.1. The number of hydrogen-bond acceptors (Lipinski definition) is 15. The van der Waals surface area contributed by atoms with E-state index in [1.165, 1.54) is 0 Å². The van der Waals surface area contributed by atoms with Crippen LogP contribution in [0.1, 0.15) is 25.7 Å². The van der Waals surface area contributed by atoms with Crippen LogP contribution in [0.5, 0.6) is 0 Å². The van der Waals surface area contributed by atoms with E-state index >= 15 is 0 Å². The van der Waals surface area contributed by atoms with Gasteiger partial charge in [0.15, 0.2) is 0 Å². The molecule has 0 aromatic rings. The Labute approximate surface area is 300 Å². The van der Waals surface area contributed by atoms with Gasteiger partial charge in [0, 0.05) is 18.2 Å². The first-order valence-electron chi connectivity index (χ1n) is 17.0. The zero-order valence-corrected chi connectivity index (χ0v) is 30.7. The van der Waals surface area contributed by atoms with Crippen molar-refractivity contribution in [1.29, 1.82) is 0 Å². The first-order chi connectivity index (χ1) is 24.2. The molecule has 16 nitrogen and oxygen atoms in total. The molecule has 0 radical (unpaired) electrons. The summed E-state index contributed by atoms with van der Waals surface area (Å²) in [5, 5.41) is 9.38. The molecule has 0 saturated heterocycles. The van der Waals surface area contributed by atoms with Gasteiger partial charge in [0.2, 0.25) is 0 Å². The molecule has 0 aliphatic heterocycles. The molecule has 0 atom stereocenters. The molecule has 0 spiro atoms. The van der Waals surface area contributed by atoms with Crippen LogP contribution >= 0.6 is 15.9 Å². The number of unbranched alkanes of at least 4 members (excludes halogenated alkanes) is 1. The van der Waals surface area contributed by atoms with Crippen LogP contribution in [-0.4, -0.2) is 188 Å². The summed E-state index contributed by atoms with van der Waals surface area (Å²) in [7, 11) is 0. The minimum Gasteiger partial charge on any atom is -0.481 e. The van der Waals surface area contributed by atoms with Crippen molar-refractivity contribution in [1.82, 2.24) is 0 Å². The molecular formula is C32H61BrO16. The Kier molecular flexibility index (Phi) is 42.2. The van der Waals surface area contributed by atoms with Crippen LogP contribution in [-0.2, 0) is 71.2 Å². The second kappa shape index (κ2) is 43.1. The van der Waals surface area contributed by atoms with E-state index in [2.05, 4.69) is 15.9 Å². The number of alkyl halides is 1.